The van der Waals surface area contributed by atoms with Gasteiger partial charge in [0.05, 0.1) is 17.1 Å². The highest BCUT2D eigenvalue weighted by Crippen LogP contribution is 2.21. The third-order valence-corrected chi connectivity index (χ3v) is 3.79. The van der Waals surface area contributed by atoms with Crippen LogP contribution in [0.3, 0.4) is 0 Å². The summed E-state index contributed by atoms with van der Waals surface area (Å²) < 4.78 is 1.38. The number of aryl methyl sites for hydroxylation is 2. The first-order valence-electron chi connectivity index (χ1n) is 5.66. The van der Waals surface area contributed by atoms with Crippen molar-refractivity contribution in [1.82, 2.24) is 15.2 Å². The molecule has 0 bridgehead atoms. The minimum atomic E-state index is -0.330. The van der Waals surface area contributed by atoms with E-state index in [9.17, 15) is 9.59 Å². The first kappa shape index (κ1) is 13.4. The quantitative estimate of drug-likeness (QED) is 0.488. The number of nitrogens with one attached hydrogen (secondary N) is 1. The number of aromatic nitrogens is 2. The molecule has 0 fully saturated rings. The van der Waals surface area contributed by atoms with E-state index < -0.39 is 0 Å². The number of nitrogens with two attached hydrogens (primary N) is 1. The van der Waals surface area contributed by atoms with Crippen LogP contribution in [0.15, 0.2) is 23.0 Å². The van der Waals surface area contributed by atoms with Gasteiger partial charge in [0.2, 0.25) is 0 Å². The Balaban J connectivity index is 2.33. The summed E-state index contributed by atoms with van der Waals surface area (Å²) in [6.45, 7) is 4.07. The van der Waals surface area contributed by atoms with Crippen LogP contribution in [0.5, 0.6) is 0 Å². The molecular formula is C12H14N4O2S. The summed E-state index contributed by atoms with van der Waals surface area (Å²) >= 11 is 1.34. The van der Waals surface area contributed by atoms with Crippen molar-refractivity contribution >= 4 is 17.2 Å². The molecule has 2 heterocycles. The highest BCUT2D eigenvalue weighted by molar-refractivity contribution is 7.14. The number of amides is 1. The van der Waals surface area contributed by atoms with Crippen LogP contribution < -0.4 is 16.8 Å². The highest BCUT2D eigenvalue weighted by Gasteiger charge is 2.12. The summed E-state index contributed by atoms with van der Waals surface area (Å²) in [7, 11) is 0. The number of nitrogen functional groups attached to an aromatic ring is 1. The van der Waals surface area contributed by atoms with Gasteiger partial charge in [-0.25, -0.2) is 10.5 Å². The van der Waals surface area contributed by atoms with Gasteiger partial charge in [-0.3, -0.25) is 15.0 Å². The average Bonchev–Trinajstić information content (AvgIpc) is 2.74. The van der Waals surface area contributed by atoms with Crippen molar-refractivity contribution in [2.75, 3.05) is 0 Å². The second kappa shape index (κ2) is 5.33. The molecule has 2 aromatic heterocycles. The van der Waals surface area contributed by atoms with E-state index in [1.54, 1.807) is 12.1 Å². The van der Waals surface area contributed by atoms with Gasteiger partial charge in [-0.05, 0) is 31.5 Å². The van der Waals surface area contributed by atoms with E-state index in [0.29, 0.717) is 11.4 Å². The Labute approximate surface area is 113 Å². The predicted molar refractivity (Wildman–Crippen MR) is 73.0 cm³/mol. The van der Waals surface area contributed by atoms with Crippen molar-refractivity contribution in [2.45, 2.75) is 20.4 Å². The number of hydrogen-bond donors (Lipinski definition) is 2. The molecule has 2 rings (SSSR count). The minimum Gasteiger partial charge on any atom is -0.289 e. The molecule has 7 heteroatoms. The molecule has 0 radical (unpaired) electrons. The third-order valence-electron chi connectivity index (χ3n) is 2.70. The van der Waals surface area contributed by atoms with Crippen LogP contribution in [-0.2, 0) is 6.54 Å². The van der Waals surface area contributed by atoms with Gasteiger partial charge in [0.25, 0.3) is 11.5 Å². The van der Waals surface area contributed by atoms with Gasteiger partial charge in [0.15, 0.2) is 0 Å². The molecule has 0 aliphatic heterocycles. The Morgan fingerprint density at radius 1 is 1.47 bits per heavy atom. The van der Waals surface area contributed by atoms with Crippen molar-refractivity contribution in [1.29, 1.82) is 0 Å². The molecular weight excluding hydrogens is 264 g/mol. The molecule has 0 atom stereocenters. The van der Waals surface area contributed by atoms with E-state index in [1.165, 1.54) is 22.1 Å². The number of rotatable bonds is 3. The summed E-state index contributed by atoms with van der Waals surface area (Å²) in [6, 6.07) is 4.89. The normalized spacial score (nSPS) is 10.5. The average molecular weight is 278 g/mol. The standard InChI is InChI=1S/C12H14N4O2S/c1-7-3-4-11(17)16(15-7)6-9-5-10(12(18)14-13)19-8(9)2/h3-5H,6,13H2,1-2H3,(H,14,18). The van der Waals surface area contributed by atoms with Crippen LogP contribution >= 0.6 is 11.3 Å². The van der Waals surface area contributed by atoms with Crippen LogP contribution in [0.2, 0.25) is 0 Å². The van der Waals surface area contributed by atoms with Crippen molar-refractivity contribution in [3.05, 3.63) is 49.6 Å². The lowest BCUT2D eigenvalue weighted by atomic mass is 10.2. The number of carbonyl (C=O) groups is 1. The third kappa shape index (κ3) is 2.88. The second-order valence-electron chi connectivity index (χ2n) is 4.14. The van der Waals surface area contributed by atoms with E-state index >= 15 is 0 Å². The fourth-order valence-corrected chi connectivity index (χ4v) is 2.62. The monoisotopic (exact) mass is 278 g/mol. The van der Waals surface area contributed by atoms with Crippen molar-refractivity contribution in [3.63, 3.8) is 0 Å². The molecule has 3 N–H and O–H groups in total. The smallest absolute Gasteiger partial charge is 0.275 e. The molecule has 0 spiro atoms. The van der Waals surface area contributed by atoms with Crippen LogP contribution in [0.4, 0.5) is 0 Å². The van der Waals surface area contributed by atoms with E-state index in [4.69, 9.17) is 5.84 Å². The number of carbonyl (C=O) groups excluding carboxylic acids is 1. The molecule has 2 aromatic rings. The maximum atomic E-state index is 11.7. The van der Waals surface area contributed by atoms with Gasteiger partial charge in [0, 0.05) is 10.9 Å². The van der Waals surface area contributed by atoms with Crippen molar-refractivity contribution in [2.24, 2.45) is 5.84 Å². The Hall–Kier alpha value is -1.99. The zero-order valence-electron chi connectivity index (χ0n) is 10.6. The molecule has 100 valence electrons. The zero-order valence-corrected chi connectivity index (χ0v) is 11.5. The van der Waals surface area contributed by atoms with Gasteiger partial charge < -0.3 is 0 Å². The Bertz CT molecular complexity index is 675. The zero-order chi connectivity index (χ0) is 14.0. The highest BCUT2D eigenvalue weighted by atomic mass is 32.1. The largest absolute Gasteiger partial charge is 0.289 e. The lowest BCUT2D eigenvalue weighted by molar-refractivity contribution is 0.0957. The molecule has 0 aliphatic carbocycles. The second-order valence-corrected chi connectivity index (χ2v) is 5.39. The SMILES string of the molecule is Cc1ccc(=O)n(Cc2cc(C(=O)NN)sc2C)n1. The topological polar surface area (TPSA) is 90.0 Å². The maximum Gasteiger partial charge on any atom is 0.275 e. The fraction of sp³-hybridized carbons (Fsp3) is 0.250. The molecule has 0 unspecified atom stereocenters. The van der Waals surface area contributed by atoms with Gasteiger partial charge in [0.1, 0.15) is 0 Å². The van der Waals surface area contributed by atoms with Gasteiger partial charge >= 0.3 is 0 Å². The Morgan fingerprint density at radius 3 is 2.89 bits per heavy atom. The van der Waals surface area contributed by atoms with Crippen LogP contribution in [0.1, 0.15) is 25.8 Å². The number of nitrogens with zero attached hydrogens (tertiary/aromatic N) is 2. The van der Waals surface area contributed by atoms with Crippen molar-refractivity contribution in [3.8, 4) is 0 Å². The first-order chi connectivity index (χ1) is 9.01. The number of thiophene rings is 1. The Kier molecular flexibility index (Phi) is 3.77. The predicted octanol–water partition coefficient (Wildman–Crippen LogP) is 0.573. The molecule has 6 nitrogen and oxygen atoms in total. The maximum absolute atomic E-state index is 11.7. The summed E-state index contributed by atoms with van der Waals surface area (Å²) in [5.41, 5.74) is 3.59. The molecule has 0 aromatic carbocycles. The molecule has 0 aliphatic rings. The van der Waals surface area contributed by atoms with E-state index in [-0.39, 0.29) is 11.5 Å². The van der Waals surface area contributed by atoms with E-state index in [2.05, 4.69) is 10.5 Å². The number of hydrogen-bond acceptors (Lipinski definition) is 5. The summed E-state index contributed by atoms with van der Waals surface area (Å²) in [5, 5.41) is 4.17. The molecule has 1 amide bonds. The summed E-state index contributed by atoms with van der Waals surface area (Å²) in [6.07, 6.45) is 0. The summed E-state index contributed by atoms with van der Waals surface area (Å²) in [4.78, 5) is 24.6. The van der Waals surface area contributed by atoms with Crippen LogP contribution in [0, 0.1) is 13.8 Å². The lowest BCUT2D eigenvalue weighted by Crippen LogP contribution is -2.29. The molecule has 0 saturated carbocycles. The molecule has 19 heavy (non-hydrogen) atoms. The van der Waals surface area contributed by atoms with Gasteiger partial charge in [-0.1, -0.05) is 0 Å². The lowest BCUT2D eigenvalue weighted by Gasteiger charge is -2.04. The fourth-order valence-electron chi connectivity index (χ4n) is 1.69. The summed E-state index contributed by atoms with van der Waals surface area (Å²) in [5.74, 6) is 4.77. The van der Waals surface area contributed by atoms with Gasteiger partial charge in [-0.2, -0.15) is 5.10 Å². The minimum absolute atomic E-state index is 0.166. The first-order valence-corrected chi connectivity index (χ1v) is 6.48. The molecule has 0 saturated heterocycles. The Morgan fingerprint density at radius 2 is 2.21 bits per heavy atom. The van der Waals surface area contributed by atoms with Crippen LogP contribution in [-0.4, -0.2) is 15.7 Å². The van der Waals surface area contributed by atoms with Gasteiger partial charge in [-0.15, -0.1) is 11.3 Å². The van der Waals surface area contributed by atoms with Crippen LogP contribution in [0.25, 0.3) is 0 Å². The van der Waals surface area contributed by atoms with E-state index in [0.717, 1.165) is 16.1 Å². The number of hydrazine groups is 1. The van der Waals surface area contributed by atoms with Crippen molar-refractivity contribution < 1.29 is 4.79 Å². The van der Waals surface area contributed by atoms with E-state index in [1.807, 2.05) is 13.8 Å².